The van der Waals surface area contributed by atoms with Gasteiger partial charge in [0, 0.05) is 29.9 Å². The van der Waals surface area contributed by atoms with Crippen LogP contribution in [0.4, 0.5) is 10.1 Å². The van der Waals surface area contributed by atoms with Crippen molar-refractivity contribution in [3.05, 3.63) is 65.0 Å². The number of amides is 1. The third-order valence-corrected chi connectivity index (χ3v) is 3.59. The molecule has 2 aromatic rings. The number of carbonyl (C=O) groups is 2. The van der Waals surface area contributed by atoms with E-state index in [9.17, 15) is 14.0 Å². The van der Waals surface area contributed by atoms with E-state index in [4.69, 9.17) is 5.26 Å². The first kappa shape index (κ1) is 18.1. The van der Waals surface area contributed by atoms with Crippen molar-refractivity contribution in [3.8, 4) is 6.07 Å². The predicted molar refractivity (Wildman–Crippen MR) is 93.0 cm³/mol. The zero-order valence-corrected chi connectivity index (χ0v) is 13.8. The SMILES string of the molecule is CC(=O)c1ccc(C#N)cc1NCCCNC(=O)c1ccc(F)cc1. The van der Waals surface area contributed by atoms with E-state index in [1.807, 2.05) is 6.07 Å². The highest BCUT2D eigenvalue weighted by molar-refractivity contribution is 5.99. The maximum absolute atomic E-state index is 12.8. The fourth-order valence-corrected chi connectivity index (χ4v) is 2.28. The molecule has 0 aliphatic heterocycles. The highest BCUT2D eigenvalue weighted by Crippen LogP contribution is 2.18. The minimum absolute atomic E-state index is 0.0865. The second kappa shape index (κ2) is 8.60. The molecule has 128 valence electrons. The second-order valence-electron chi connectivity index (χ2n) is 5.47. The van der Waals surface area contributed by atoms with Crippen LogP contribution in [0.25, 0.3) is 0 Å². The number of ketones is 1. The number of benzene rings is 2. The van der Waals surface area contributed by atoms with E-state index in [1.165, 1.54) is 31.2 Å². The summed E-state index contributed by atoms with van der Waals surface area (Å²) in [4.78, 5) is 23.5. The van der Waals surface area contributed by atoms with Gasteiger partial charge in [0.1, 0.15) is 5.82 Å². The normalized spacial score (nSPS) is 9.96. The largest absolute Gasteiger partial charge is 0.384 e. The number of carbonyl (C=O) groups excluding carboxylic acids is 2. The molecule has 5 nitrogen and oxygen atoms in total. The van der Waals surface area contributed by atoms with Crippen LogP contribution in [-0.2, 0) is 0 Å². The molecule has 0 bridgehead atoms. The lowest BCUT2D eigenvalue weighted by Crippen LogP contribution is -2.25. The van der Waals surface area contributed by atoms with Gasteiger partial charge in [-0.05, 0) is 55.8 Å². The molecule has 2 aromatic carbocycles. The average molecular weight is 339 g/mol. The topological polar surface area (TPSA) is 82.0 Å². The molecular weight excluding hydrogens is 321 g/mol. The third kappa shape index (κ3) is 5.15. The summed E-state index contributed by atoms with van der Waals surface area (Å²) in [6.45, 7) is 2.42. The number of rotatable bonds is 7. The molecule has 0 spiro atoms. The smallest absolute Gasteiger partial charge is 0.251 e. The van der Waals surface area contributed by atoms with Crippen molar-refractivity contribution in [2.24, 2.45) is 0 Å². The first-order valence-corrected chi connectivity index (χ1v) is 7.84. The van der Waals surface area contributed by atoms with Crippen molar-refractivity contribution in [2.45, 2.75) is 13.3 Å². The van der Waals surface area contributed by atoms with Gasteiger partial charge in [-0.1, -0.05) is 0 Å². The maximum Gasteiger partial charge on any atom is 0.251 e. The number of nitriles is 1. The van der Waals surface area contributed by atoms with Crippen molar-refractivity contribution in [2.75, 3.05) is 18.4 Å². The van der Waals surface area contributed by atoms with Crippen LogP contribution in [0.3, 0.4) is 0 Å². The molecule has 0 aromatic heterocycles. The molecule has 0 saturated carbocycles. The zero-order chi connectivity index (χ0) is 18.2. The fraction of sp³-hybridized carbons (Fsp3) is 0.211. The van der Waals surface area contributed by atoms with Crippen molar-refractivity contribution in [3.63, 3.8) is 0 Å². The summed E-state index contributed by atoms with van der Waals surface area (Å²) in [7, 11) is 0. The molecule has 0 fully saturated rings. The molecule has 0 atom stereocenters. The van der Waals surface area contributed by atoms with Crippen LogP contribution in [0, 0.1) is 17.1 Å². The van der Waals surface area contributed by atoms with Gasteiger partial charge in [0.2, 0.25) is 0 Å². The molecule has 0 saturated heterocycles. The lowest BCUT2D eigenvalue weighted by atomic mass is 10.1. The summed E-state index contributed by atoms with van der Waals surface area (Å²) in [6.07, 6.45) is 0.626. The molecule has 0 aliphatic carbocycles. The Labute approximate surface area is 145 Å². The van der Waals surface area contributed by atoms with Gasteiger partial charge < -0.3 is 10.6 Å². The minimum Gasteiger partial charge on any atom is -0.384 e. The monoisotopic (exact) mass is 339 g/mol. The highest BCUT2D eigenvalue weighted by atomic mass is 19.1. The Morgan fingerprint density at radius 1 is 1.12 bits per heavy atom. The number of hydrogen-bond acceptors (Lipinski definition) is 4. The predicted octanol–water partition coefficient (Wildman–Crippen LogP) is 3.13. The summed E-state index contributed by atoms with van der Waals surface area (Å²) in [5.74, 6) is -0.742. The third-order valence-electron chi connectivity index (χ3n) is 3.59. The summed E-state index contributed by atoms with van der Waals surface area (Å²) in [5, 5.41) is 14.8. The van der Waals surface area contributed by atoms with Crippen LogP contribution >= 0.6 is 0 Å². The number of nitrogens with zero attached hydrogens (tertiary/aromatic N) is 1. The highest BCUT2D eigenvalue weighted by Gasteiger charge is 2.08. The van der Waals surface area contributed by atoms with E-state index in [-0.39, 0.29) is 17.5 Å². The summed E-state index contributed by atoms with van der Waals surface area (Å²) in [6, 6.07) is 12.2. The van der Waals surface area contributed by atoms with Gasteiger partial charge in [-0.15, -0.1) is 0 Å². The number of hydrogen-bond donors (Lipinski definition) is 2. The Kier molecular flexibility index (Phi) is 6.24. The first-order valence-electron chi connectivity index (χ1n) is 7.84. The molecule has 0 radical (unpaired) electrons. The molecule has 2 rings (SSSR count). The van der Waals surface area contributed by atoms with Crippen molar-refractivity contribution >= 4 is 17.4 Å². The Morgan fingerprint density at radius 3 is 2.48 bits per heavy atom. The van der Waals surface area contributed by atoms with E-state index in [2.05, 4.69) is 10.6 Å². The van der Waals surface area contributed by atoms with E-state index >= 15 is 0 Å². The second-order valence-corrected chi connectivity index (χ2v) is 5.47. The van der Waals surface area contributed by atoms with E-state index < -0.39 is 0 Å². The summed E-state index contributed by atoms with van der Waals surface area (Å²) >= 11 is 0. The van der Waals surface area contributed by atoms with Gasteiger partial charge >= 0.3 is 0 Å². The van der Waals surface area contributed by atoms with Crippen LogP contribution in [0.1, 0.15) is 39.6 Å². The number of Topliss-reactive ketones (excluding diaryl/α,β-unsaturated/α-hetero) is 1. The number of halogens is 1. The molecular formula is C19H18FN3O2. The van der Waals surface area contributed by atoms with Gasteiger partial charge in [0.25, 0.3) is 5.91 Å². The van der Waals surface area contributed by atoms with Crippen LogP contribution in [-0.4, -0.2) is 24.8 Å². The standard InChI is InChI=1S/C19H18FN3O2/c1-13(24)17-8-3-14(12-21)11-18(17)22-9-2-10-23-19(25)15-4-6-16(20)7-5-15/h3-8,11,22H,2,9-10H2,1H3,(H,23,25). The van der Waals surface area contributed by atoms with Crippen molar-refractivity contribution in [1.29, 1.82) is 5.26 Å². The Morgan fingerprint density at radius 2 is 1.84 bits per heavy atom. The Bertz CT molecular complexity index is 810. The van der Waals surface area contributed by atoms with Crippen molar-refractivity contribution < 1.29 is 14.0 Å². The number of anilines is 1. The maximum atomic E-state index is 12.8. The van der Waals surface area contributed by atoms with Crippen molar-refractivity contribution in [1.82, 2.24) is 5.32 Å². The van der Waals surface area contributed by atoms with E-state index in [0.717, 1.165) is 0 Å². The quantitative estimate of drug-likeness (QED) is 0.600. The Hall–Kier alpha value is -3.20. The molecule has 6 heteroatoms. The van der Waals surface area contributed by atoms with Gasteiger partial charge in [-0.3, -0.25) is 9.59 Å². The van der Waals surface area contributed by atoms with Gasteiger partial charge in [-0.25, -0.2) is 4.39 Å². The van der Waals surface area contributed by atoms with Gasteiger partial charge in [0.15, 0.2) is 5.78 Å². The molecule has 1 amide bonds. The molecule has 2 N–H and O–H groups in total. The van der Waals surface area contributed by atoms with Crippen LogP contribution in [0.15, 0.2) is 42.5 Å². The average Bonchev–Trinajstić information content (AvgIpc) is 2.61. The van der Waals surface area contributed by atoms with Crippen LogP contribution < -0.4 is 10.6 Å². The van der Waals surface area contributed by atoms with E-state index in [1.54, 1.807) is 18.2 Å². The first-order chi connectivity index (χ1) is 12.0. The number of nitrogens with one attached hydrogen (secondary N) is 2. The van der Waals surface area contributed by atoms with Crippen LogP contribution in [0.5, 0.6) is 0 Å². The lowest BCUT2D eigenvalue weighted by Gasteiger charge is -2.11. The fourth-order valence-electron chi connectivity index (χ4n) is 2.28. The molecule has 0 aliphatic rings. The van der Waals surface area contributed by atoms with Crippen LogP contribution in [0.2, 0.25) is 0 Å². The van der Waals surface area contributed by atoms with Gasteiger partial charge in [0.05, 0.1) is 11.6 Å². The summed E-state index contributed by atoms with van der Waals surface area (Å²) < 4.78 is 12.8. The lowest BCUT2D eigenvalue weighted by molar-refractivity contribution is 0.0952. The molecule has 0 heterocycles. The van der Waals surface area contributed by atoms with Gasteiger partial charge in [-0.2, -0.15) is 5.26 Å². The van der Waals surface area contributed by atoms with E-state index in [0.29, 0.717) is 41.9 Å². The zero-order valence-electron chi connectivity index (χ0n) is 13.8. The summed E-state index contributed by atoms with van der Waals surface area (Å²) in [5.41, 5.74) is 2.00. The minimum atomic E-state index is -0.387. The molecule has 25 heavy (non-hydrogen) atoms. The Balaban J connectivity index is 1.83. The molecule has 0 unspecified atom stereocenters.